The van der Waals surface area contributed by atoms with E-state index in [1.807, 2.05) is 30.6 Å². The molecule has 2 aromatic heterocycles. The second-order valence-corrected chi connectivity index (χ2v) is 10.5. The van der Waals surface area contributed by atoms with Crippen LogP contribution in [0.15, 0.2) is 55.1 Å². The summed E-state index contributed by atoms with van der Waals surface area (Å²) in [4.78, 5) is 26.3. The van der Waals surface area contributed by atoms with Gasteiger partial charge in [-0.15, -0.1) is 0 Å². The molecule has 6 rings (SSSR count). The zero-order valence-corrected chi connectivity index (χ0v) is 21.5. The second-order valence-electron chi connectivity index (χ2n) is 10.5. The fourth-order valence-corrected chi connectivity index (χ4v) is 4.90. The molecule has 8 heteroatoms. The first-order valence-electron chi connectivity index (χ1n) is 12.6. The highest BCUT2D eigenvalue weighted by Gasteiger charge is 2.31. The van der Waals surface area contributed by atoms with Crippen LogP contribution in [0.2, 0.25) is 0 Å². The maximum atomic E-state index is 12.3. The number of carbonyl (C=O) groups excluding carboxylic acids is 1. The first kappa shape index (κ1) is 23.2. The molecule has 2 aromatic carbocycles. The molecule has 1 aliphatic heterocycles. The molecule has 0 radical (unpaired) electrons. The molecule has 4 aromatic rings. The van der Waals surface area contributed by atoms with Gasteiger partial charge in [0.05, 0.1) is 25.3 Å². The van der Waals surface area contributed by atoms with Crippen LogP contribution in [0.1, 0.15) is 59.8 Å². The summed E-state index contributed by atoms with van der Waals surface area (Å²) in [5, 5.41) is 6.35. The minimum Gasteiger partial charge on any atom is -0.491 e. The SMILES string of the molecule is COc1cnc(-c2ccc(-n3cnc(C4CC4)c3)c(C)c2)nc1Nc1ccc2c(c1)C(C)(C)CNC2=O. The molecule has 2 N–H and O–H groups in total. The van der Waals surface area contributed by atoms with E-state index in [0.29, 0.717) is 35.4 Å². The first-order chi connectivity index (χ1) is 17.8. The van der Waals surface area contributed by atoms with Crippen molar-refractivity contribution >= 4 is 17.4 Å². The highest BCUT2D eigenvalue weighted by atomic mass is 16.5. The van der Waals surface area contributed by atoms with Crippen LogP contribution in [0.3, 0.4) is 0 Å². The predicted octanol–water partition coefficient (Wildman–Crippen LogP) is 5.29. The van der Waals surface area contributed by atoms with Gasteiger partial charge < -0.3 is 19.9 Å². The lowest BCUT2D eigenvalue weighted by Crippen LogP contribution is -2.43. The number of hydrogen-bond donors (Lipinski definition) is 2. The summed E-state index contributed by atoms with van der Waals surface area (Å²) in [6.07, 6.45) is 8.18. The van der Waals surface area contributed by atoms with Crippen LogP contribution < -0.4 is 15.4 Å². The molecule has 0 bridgehead atoms. The first-order valence-corrected chi connectivity index (χ1v) is 12.6. The summed E-state index contributed by atoms with van der Waals surface area (Å²) < 4.78 is 7.63. The molecular formula is C29H30N6O2. The number of anilines is 2. The number of imidazole rings is 1. The Morgan fingerprint density at radius 2 is 1.97 bits per heavy atom. The number of nitrogens with one attached hydrogen (secondary N) is 2. The molecule has 188 valence electrons. The Balaban J connectivity index is 1.31. The molecule has 2 aliphatic rings. The number of rotatable bonds is 6. The third kappa shape index (κ3) is 4.33. The summed E-state index contributed by atoms with van der Waals surface area (Å²) in [7, 11) is 1.60. The lowest BCUT2D eigenvalue weighted by molar-refractivity contribution is 0.0930. The van der Waals surface area contributed by atoms with Gasteiger partial charge >= 0.3 is 0 Å². The number of aryl methyl sites for hydroxylation is 1. The maximum absolute atomic E-state index is 12.3. The molecular weight excluding hydrogens is 464 g/mol. The number of benzene rings is 2. The van der Waals surface area contributed by atoms with E-state index in [1.54, 1.807) is 13.3 Å². The summed E-state index contributed by atoms with van der Waals surface area (Å²) >= 11 is 0. The van der Waals surface area contributed by atoms with Crippen molar-refractivity contribution in [3.8, 4) is 22.8 Å². The Morgan fingerprint density at radius 1 is 1.14 bits per heavy atom. The molecule has 1 amide bonds. The van der Waals surface area contributed by atoms with Crippen LogP contribution in [0.4, 0.5) is 11.5 Å². The van der Waals surface area contributed by atoms with Gasteiger partial charge in [-0.3, -0.25) is 4.79 Å². The Labute approximate surface area is 216 Å². The van der Waals surface area contributed by atoms with Gasteiger partial charge in [-0.05, 0) is 67.3 Å². The number of carbonyl (C=O) groups is 1. The van der Waals surface area contributed by atoms with E-state index in [1.165, 1.54) is 18.5 Å². The molecule has 1 fully saturated rings. The third-order valence-electron chi connectivity index (χ3n) is 7.25. The van der Waals surface area contributed by atoms with Crippen molar-refractivity contribution in [1.82, 2.24) is 24.8 Å². The predicted molar refractivity (Wildman–Crippen MR) is 143 cm³/mol. The molecule has 0 spiro atoms. The van der Waals surface area contributed by atoms with Crippen molar-refractivity contribution in [2.45, 2.75) is 44.9 Å². The highest BCUT2D eigenvalue weighted by molar-refractivity contribution is 5.98. The second kappa shape index (κ2) is 8.73. The van der Waals surface area contributed by atoms with Crippen molar-refractivity contribution in [2.24, 2.45) is 0 Å². The van der Waals surface area contributed by atoms with Crippen LogP contribution in [0.25, 0.3) is 17.1 Å². The van der Waals surface area contributed by atoms with Gasteiger partial charge in [0.15, 0.2) is 17.4 Å². The number of aromatic nitrogens is 4. The number of hydrogen-bond acceptors (Lipinski definition) is 6. The quantitative estimate of drug-likeness (QED) is 0.378. The Bertz CT molecular complexity index is 1520. The number of methoxy groups -OCH3 is 1. The van der Waals surface area contributed by atoms with E-state index in [2.05, 4.69) is 64.3 Å². The minimum atomic E-state index is -0.171. The summed E-state index contributed by atoms with van der Waals surface area (Å²) in [5.41, 5.74) is 6.66. The van der Waals surface area contributed by atoms with Gasteiger partial charge in [-0.25, -0.2) is 15.0 Å². The van der Waals surface area contributed by atoms with Crippen LogP contribution in [-0.2, 0) is 5.41 Å². The summed E-state index contributed by atoms with van der Waals surface area (Å²) in [6.45, 7) is 6.94. The molecule has 1 saturated carbocycles. The third-order valence-corrected chi connectivity index (χ3v) is 7.25. The van der Waals surface area contributed by atoms with Crippen molar-refractivity contribution < 1.29 is 9.53 Å². The zero-order valence-electron chi connectivity index (χ0n) is 21.5. The summed E-state index contributed by atoms with van der Waals surface area (Å²) in [5.74, 6) is 2.28. The highest BCUT2D eigenvalue weighted by Crippen LogP contribution is 2.39. The number of fused-ring (bicyclic) bond motifs is 1. The average molecular weight is 495 g/mol. The van der Waals surface area contributed by atoms with Gasteiger partial charge in [0.2, 0.25) is 0 Å². The van der Waals surface area contributed by atoms with E-state index in [4.69, 9.17) is 9.72 Å². The molecule has 1 aliphatic carbocycles. The van der Waals surface area contributed by atoms with E-state index in [9.17, 15) is 4.79 Å². The van der Waals surface area contributed by atoms with Crippen LogP contribution >= 0.6 is 0 Å². The summed E-state index contributed by atoms with van der Waals surface area (Å²) in [6, 6.07) is 12.0. The van der Waals surface area contributed by atoms with Crippen molar-refractivity contribution in [3.05, 3.63) is 77.5 Å². The lowest BCUT2D eigenvalue weighted by atomic mass is 9.79. The molecule has 8 nitrogen and oxygen atoms in total. The molecule has 0 unspecified atom stereocenters. The molecule has 3 heterocycles. The normalized spacial score (nSPS) is 16.2. The van der Waals surface area contributed by atoms with Gasteiger partial charge in [0.25, 0.3) is 5.91 Å². The van der Waals surface area contributed by atoms with E-state index >= 15 is 0 Å². The number of ether oxygens (including phenoxy) is 1. The Morgan fingerprint density at radius 3 is 2.73 bits per heavy atom. The fraction of sp³-hybridized carbons (Fsp3) is 0.310. The molecule has 37 heavy (non-hydrogen) atoms. The maximum Gasteiger partial charge on any atom is 0.251 e. The van der Waals surface area contributed by atoms with Crippen molar-refractivity contribution in [3.63, 3.8) is 0 Å². The Kier molecular flexibility index (Phi) is 5.47. The van der Waals surface area contributed by atoms with Gasteiger partial charge in [-0.2, -0.15) is 0 Å². The van der Waals surface area contributed by atoms with E-state index < -0.39 is 0 Å². The van der Waals surface area contributed by atoms with Crippen molar-refractivity contribution in [2.75, 3.05) is 19.0 Å². The van der Waals surface area contributed by atoms with E-state index in [0.717, 1.165) is 28.1 Å². The van der Waals surface area contributed by atoms with Crippen molar-refractivity contribution in [1.29, 1.82) is 0 Å². The van der Waals surface area contributed by atoms with Gasteiger partial charge in [-0.1, -0.05) is 13.8 Å². The van der Waals surface area contributed by atoms with Gasteiger partial charge in [0.1, 0.15) is 0 Å². The van der Waals surface area contributed by atoms with E-state index in [-0.39, 0.29) is 11.3 Å². The monoisotopic (exact) mass is 494 g/mol. The lowest BCUT2D eigenvalue weighted by Gasteiger charge is -2.32. The van der Waals surface area contributed by atoms with Crippen LogP contribution in [0.5, 0.6) is 5.75 Å². The number of nitrogens with zero attached hydrogens (tertiary/aromatic N) is 4. The topological polar surface area (TPSA) is 94.0 Å². The average Bonchev–Trinajstić information content (AvgIpc) is 3.63. The van der Waals surface area contributed by atoms with Gasteiger partial charge in [0, 0.05) is 46.6 Å². The largest absolute Gasteiger partial charge is 0.491 e. The van der Waals surface area contributed by atoms with Crippen LogP contribution in [-0.4, -0.2) is 39.1 Å². The fourth-order valence-electron chi connectivity index (χ4n) is 4.90. The minimum absolute atomic E-state index is 0.0407. The Hall–Kier alpha value is -4.20. The molecule has 0 atom stereocenters. The molecule has 0 saturated heterocycles. The zero-order chi connectivity index (χ0) is 25.7. The number of amides is 1. The standard InChI is InChI=1S/C29H30N6O2/c1-17-11-19(7-10-24(17)35-14-23(32-16-35)18-5-6-18)26-30-13-25(37-4)27(34-26)33-20-8-9-21-22(12-20)29(2,3)15-31-28(21)36/h7-14,16,18H,5-6,15H2,1-4H3,(H,31,36)(H,30,33,34). The smallest absolute Gasteiger partial charge is 0.251 e. The van der Waals surface area contributed by atoms with Crippen LogP contribution in [0, 0.1) is 6.92 Å².